The molecule has 7 nitrogen and oxygen atoms in total. The lowest BCUT2D eigenvalue weighted by Crippen LogP contribution is -2.52. The molecule has 0 unspecified atom stereocenters. The van der Waals surface area contributed by atoms with Crippen LogP contribution in [0.2, 0.25) is 5.02 Å². The maximum atomic E-state index is 13.8. The number of carbonyl (C=O) groups excluding carboxylic acids is 2. The first kappa shape index (κ1) is 28.7. The third-order valence-electron chi connectivity index (χ3n) is 5.57. The van der Waals surface area contributed by atoms with Crippen molar-refractivity contribution < 1.29 is 18.0 Å². The van der Waals surface area contributed by atoms with E-state index >= 15 is 0 Å². The van der Waals surface area contributed by atoms with Crippen molar-refractivity contribution in [3.63, 3.8) is 0 Å². The Hall–Kier alpha value is -2.88. The van der Waals surface area contributed by atoms with Crippen LogP contribution in [0.4, 0.5) is 5.69 Å². The standard InChI is InChI=1S/C27H29BrClN3O4S/c1-19(2)30-27(34)20(3)31(17-21-12-14-22(28)15-13-21)26(33)18-32(24-9-7-8-23(29)16-24)37(35,36)25-10-5-4-6-11-25/h4-16,19-20H,17-18H2,1-3H3,(H,30,34)/t20-/m0/s1. The van der Waals surface area contributed by atoms with Crippen molar-refractivity contribution in [1.29, 1.82) is 0 Å². The van der Waals surface area contributed by atoms with Crippen LogP contribution in [-0.2, 0) is 26.2 Å². The summed E-state index contributed by atoms with van der Waals surface area (Å²) in [5.74, 6) is -0.866. The van der Waals surface area contributed by atoms with Crippen molar-refractivity contribution in [2.24, 2.45) is 0 Å². The fourth-order valence-electron chi connectivity index (χ4n) is 3.65. The molecular formula is C27H29BrClN3O4S. The molecule has 1 atom stereocenters. The minimum atomic E-state index is -4.12. The molecule has 0 aliphatic heterocycles. The minimum Gasteiger partial charge on any atom is -0.352 e. The Labute approximate surface area is 231 Å². The van der Waals surface area contributed by atoms with E-state index in [-0.39, 0.29) is 29.1 Å². The fraction of sp³-hybridized carbons (Fsp3) is 0.259. The zero-order valence-corrected chi connectivity index (χ0v) is 23.9. The molecule has 196 valence electrons. The number of hydrogen-bond donors (Lipinski definition) is 1. The monoisotopic (exact) mass is 605 g/mol. The molecule has 0 radical (unpaired) electrons. The number of sulfonamides is 1. The summed E-state index contributed by atoms with van der Waals surface area (Å²) in [7, 11) is -4.12. The highest BCUT2D eigenvalue weighted by Gasteiger charge is 2.32. The minimum absolute atomic E-state index is 0.0350. The Kier molecular flexibility index (Phi) is 9.75. The topological polar surface area (TPSA) is 86.8 Å². The van der Waals surface area contributed by atoms with Gasteiger partial charge in [0.05, 0.1) is 10.6 Å². The van der Waals surface area contributed by atoms with Crippen molar-refractivity contribution in [2.75, 3.05) is 10.8 Å². The summed E-state index contributed by atoms with van der Waals surface area (Å²) in [5.41, 5.74) is 1.04. The van der Waals surface area contributed by atoms with Gasteiger partial charge in [0.1, 0.15) is 12.6 Å². The maximum Gasteiger partial charge on any atom is 0.264 e. The average molecular weight is 607 g/mol. The summed E-state index contributed by atoms with van der Waals surface area (Å²) in [6.07, 6.45) is 0. The lowest BCUT2D eigenvalue weighted by atomic mass is 10.1. The van der Waals surface area contributed by atoms with Crippen LogP contribution in [0.25, 0.3) is 0 Å². The van der Waals surface area contributed by atoms with E-state index in [1.807, 2.05) is 38.1 Å². The molecule has 3 rings (SSSR count). The van der Waals surface area contributed by atoms with Crippen LogP contribution < -0.4 is 9.62 Å². The summed E-state index contributed by atoms with van der Waals surface area (Å²) < 4.78 is 29.3. The first-order valence-corrected chi connectivity index (χ1v) is 14.3. The molecule has 0 fully saturated rings. The van der Waals surface area contributed by atoms with Gasteiger partial charge >= 0.3 is 0 Å². The summed E-state index contributed by atoms with van der Waals surface area (Å²) in [5, 5.41) is 3.16. The van der Waals surface area contributed by atoms with Crippen LogP contribution >= 0.6 is 27.5 Å². The van der Waals surface area contributed by atoms with Crippen LogP contribution in [0.15, 0.2) is 88.2 Å². The lowest BCUT2D eigenvalue weighted by Gasteiger charge is -2.32. The average Bonchev–Trinajstić information content (AvgIpc) is 2.86. The van der Waals surface area contributed by atoms with Crippen molar-refractivity contribution in [1.82, 2.24) is 10.2 Å². The first-order valence-electron chi connectivity index (χ1n) is 11.7. The van der Waals surface area contributed by atoms with Gasteiger partial charge in [-0.05, 0) is 68.8 Å². The normalized spacial score (nSPS) is 12.2. The van der Waals surface area contributed by atoms with E-state index in [0.29, 0.717) is 5.02 Å². The van der Waals surface area contributed by atoms with E-state index in [0.717, 1.165) is 14.3 Å². The predicted molar refractivity (Wildman–Crippen MR) is 150 cm³/mol. The summed E-state index contributed by atoms with van der Waals surface area (Å²) >= 11 is 9.57. The predicted octanol–water partition coefficient (Wildman–Crippen LogP) is 5.24. The Morgan fingerprint density at radius 1 is 0.946 bits per heavy atom. The molecule has 0 spiro atoms. The second-order valence-electron chi connectivity index (χ2n) is 8.79. The number of hydrogen-bond acceptors (Lipinski definition) is 4. The van der Waals surface area contributed by atoms with E-state index in [4.69, 9.17) is 11.6 Å². The Morgan fingerprint density at radius 3 is 2.19 bits per heavy atom. The second kappa shape index (κ2) is 12.6. The summed E-state index contributed by atoms with van der Waals surface area (Å²) in [6, 6.07) is 20.6. The molecule has 0 saturated heterocycles. The molecule has 1 N–H and O–H groups in total. The quantitative estimate of drug-likeness (QED) is 0.342. The summed E-state index contributed by atoms with van der Waals surface area (Å²) in [4.78, 5) is 28.1. The third-order valence-corrected chi connectivity index (χ3v) is 8.12. The molecule has 0 saturated carbocycles. The summed E-state index contributed by atoms with van der Waals surface area (Å²) in [6.45, 7) is 4.89. The van der Waals surface area contributed by atoms with Gasteiger partial charge in [-0.25, -0.2) is 8.42 Å². The zero-order chi connectivity index (χ0) is 27.2. The van der Waals surface area contributed by atoms with E-state index in [2.05, 4.69) is 21.2 Å². The first-order chi connectivity index (χ1) is 17.5. The highest BCUT2D eigenvalue weighted by atomic mass is 79.9. The van der Waals surface area contributed by atoms with Crippen LogP contribution in [0, 0.1) is 0 Å². The molecule has 0 aliphatic rings. The third kappa shape index (κ3) is 7.56. The van der Waals surface area contributed by atoms with E-state index in [9.17, 15) is 18.0 Å². The fourth-order valence-corrected chi connectivity index (χ4v) is 5.53. The molecule has 0 aromatic heterocycles. The van der Waals surface area contributed by atoms with Gasteiger partial charge in [0, 0.05) is 22.1 Å². The van der Waals surface area contributed by atoms with E-state index in [1.165, 1.54) is 23.1 Å². The van der Waals surface area contributed by atoms with Crippen molar-refractivity contribution in [2.45, 2.75) is 44.3 Å². The van der Waals surface area contributed by atoms with Gasteiger partial charge in [0.15, 0.2) is 0 Å². The molecule has 37 heavy (non-hydrogen) atoms. The highest BCUT2D eigenvalue weighted by Crippen LogP contribution is 2.27. The maximum absolute atomic E-state index is 13.8. The SMILES string of the molecule is CC(C)NC(=O)[C@H](C)N(Cc1ccc(Br)cc1)C(=O)CN(c1cccc(Cl)c1)S(=O)(=O)c1ccccc1. The van der Waals surface area contributed by atoms with Gasteiger partial charge in [-0.2, -0.15) is 0 Å². The Balaban J connectivity index is 2.01. The molecule has 0 aliphatic carbocycles. The Bertz CT molecular complexity index is 1340. The van der Waals surface area contributed by atoms with Crippen molar-refractivity contribution in [3.05, 3.63) is 93.9 Å². The van der Waals surface area contributed by atoms with Crippen molar-refractivity contribution >= 4 is 55.1 Å². The number of anilines is 1. The van der Waals surface area contributed by atoms with Gasteiger partial charge < -0.3 is 10.2 Å². The van der Waals surface area contributed by atoms with E-state index < -0.39 is 28.5 Å². The van der Waals surface area contributed by atoms with Crippen molar-refractivity contribution in [3.8, 4) is 0 Å². The molecule has 10 heteroatoms. The van der Waals surface area contributed by atoms with Crippen LogP contribution in [0.5, 0.6) is 0 Å². The number of nitrogens with one attached hydrogen (secondary N) is 1. The molecule has 0 bridgehead atoms. The second-order valence-corrected chi connectivity index (χ2v) is 12.0. The smallest absolute Gasteiger partial charge is 0.264 e. The molecule has 3 aromatic carbocycles. The van der Waals surface area contributed by atoms with Crippen LogP contribution in [-0.4, -0.2) is 43.8 Å². The molecule has 3 aromatic rings. The lowest BCUT2D eigenvalue weighted by molar-refractivity contribution is -0.139. The number of benzene rings is 3. The number of rotatable bonds is 10. The van der Waals surface area contributed by atoms with Gasteiger partial charge in [-0.1, -0.05) is 63.9 Å². The number of carbonyl (C=O) groups is 2. The number of amides is 2. The largest absolute Gasteiger partial charge is 0.352 e. The van der Waals surface area contributed by atoms with Crippen LogP contribution in [0.3, 0.4) is 0 Å². The molecule has 0 heterocycles. The molecule has 2 amide bonds. The van der Waals surface area contributed by atoms with Crippen LogP contribution in [0.1, 0.15) is 26.3 Å². The number of halogens is 2. The van der Waals surface area contributed by atoms with Gasteiger partial charge in [-0.15, -0.1) is 0 Å². The van der Waals surface area contributed by atoms with E-state index in [1.54, 1.807) is 43.3 Å². The van der Waals surface area contributed by atoms with Gasteiger partial charge in [-0.3, -0.25) is 13.9 Å². The Morgan fingerprint density at radius 2 is 1.59 bits per heavy atom. The molecular weight excluding hydrogens is 578 g/mol. The zero-order valence-electron chi connectivity index (χ0n) is 20.8. The highest BCUT2D eigenvalue weighted by molar-refractivity contribution is 9.10. The van der Waals surface area contributed by atoms with Gasteiger partial charge in [0.2, 0.25) is 11.8 Å². The van der Waals surface area contributed by atoms with Gasteiger partial charge in [0.25, 0.3) is 10.0 Å². The number of nitrogens with zero attached hydrogens (tertiary/aromatic N) is 2.